The fraction of sp³-hybridized carbons (Fsp3) is 0.583. The molecule has 0 aliphatic heterocycles. The summed E-state index contributed by atoms with van der Waals surface area (Å²) in [4.78, 5) is 11.9. The molecule has 1 heterocycles. The van der Waals surface area contributed by atoms with Crippen LogP contribution in [0.4, 0.5) is 5.69 Å². The van der Waals surface area contributed by atoms with Crippen molar-refractivity contribution in [3.05, 3.63) is 11.9 Å². The van der Waals surface area contributed by atoms with Gasteiger partial charge in [-0.3, -0.25) is 4.79 Å². The van der Waals surface area contributed by atoms with Crippen molar-refractivity contribution in [2.45, 2.75) is 33.7 Å². The van der Waals surface area contributed by atoms with Crippen LogP contribution >= 0.6 is 0 Å². The second kappa shape index (κ2) is 4.60. The van der Waals surface area contributed by atoms with E-state index in [1.165, 1.54) is 0 Å². The van der Waals surface area contributed by atoms with Crippen molar-refractivity contribution in [3.8, 4) is 5.75 Å². The highest BCUT2D eigenvalue weighted by molar-refractivity contribution is 6.00. The smallest absolute Gasteiger partial charge is 0.185 e. The Kier molecular flexibility index (Phi) is 3.62. The minimum atomic E-state index is -0.119. The molecule has 0 saturated heterocycles. The lowest BCUT2D eigenvalue weighted by Gasteiger charge is -2.08. The van der Waals surface area contributed by atoms with E-state index in [4.69, 9.17) is 0 Å². The Bertz CT molecular complexity index is 392. The highest BCUT2D eigenvalue weighted by atomic mass is 16.3. The number of Topliss-reactive ketones (excluding diaryl/α,β-unsaturated/α-hetero) is 1. The average molecular weight is 224 g/mol. The molecule has 0 radical (unpaired) electrons. The zero-order valence-electron chi connectivity index (χ0n) is 10.5. The molecular formula is C12H20N2O2. The second-order valence-corrected chi connectivity index (χ2v) is 4.67. The summed E-state index contributed by atoms with van der Waals surface area (Å²) in [6.07, 6.45) is 1.74. The fourth-order valence-corrected chi connectivity index (χ4v) is 1.59. The normalized spacial score (nSPS) is 11.2. The van der Waals surface area contributed by atoms with Gasteiger partial charge in [0, 0.05) is 25.2 Å². The van der Waals surface area contributed by atoms with Crippen molar-refractivity contribution >= 4 is 11.5 Å². The van der Waals surface area contributed by atoms with E-state index in [9.17, 15) is 9.90 Å². The monoisotopic (exact) mass is 224 g/mol. The number of hydrogen-bond donors (Lipinski definition) is 2. The standard InChI is InChI=1S/C12H20N2O2/c1-7(2)11(15)10-12(16)9(6-14(10)5)13-8(3)4/h6-8,13,16H,1-5H3. The van der Waals surface area contributed by atoms with Crippen LogP contribution in [0.2, 0.25) is 0 Å². The van der Waals surface area contributed by atoms with Gasteiger partial charge in [-0.05, 0) is 13.8 Å². The van der Waals surface area contributed by atoms with Crippen LogP contribution in [-0.2, 0) is 7.05 Å². The van der Waals surface area contributed by atoms with E-state index in [2.05, 4.69) is 5.32 Å². The predicted octanol–water partition coefficient (Wildman–Crippen LogP) is 2.39. The van der Waals surface area contributed by atoms with Gasteiger partial charge in [-0.15, -0.1) is 0 Å². The molecule has 2 N–H and O–H groups in total. The van der Waals surface area contributed by atoms with Gasteiger partial charge >= 0.3 is 0 Å². The van der Waals surface area contributed by atoms with E-state index in [0.29, 0.717) is 11.4 Å². The van der Waals surface area contributed by atoms with Gasteiger partial charge in [-0.1, -0.05) is 13.8 Å². The summed E-state index contributed by atoms with van der Waals surface area (Å²) in [6, 6.07) is 0.218. The molecule has 0 aliphatic carbocycles. The van der Waals surface area contributed by atoms with Gasteiger partial charge in [0.05, 0.1) is 5.69 Å². The van der Waals surface area contributed by atoms with Crippen LogP contribution in [-0.4, -0.2) is 21.5 Å². The molecule has 1 rings (SSSR count). The van der Waals surface area contributed by atoms with Crippen LogP contribution in [0.5, 0.6) is 5.75 Å². The molecule has 1 aromatic heterocycles. The van der Waals surface area contributed by atoms with Crippen LogP contribution in [0.25, 0.3) is 0 Å². The number of ketones is 1. The van der Waals surface area contributed by atoms with Crippen molar-refractivity contribution in [2.75, 3.05) is 5.32 Å². The third-order valence-electron chi connectivity index (χ3n) is 2.36. The lowest BCUT2D eigenvalue weighted by atomic mass is 10.1. The number of rotatable bonds is 4. The van der Waals surface area contributed by atoms with E-state index in [0.717, 1.165) is 0 Å². The molecule has 4 nitrogen and oxygen atoms in total. The van der Waals surface area contributed by atoms with Crippen LogP contribution in [0, 0.1) is 5.92 Å². The number of hydrogen-bond acceptors (Lipinski definition) is 3. The summed E-state index contributed by atoms with van der Waals surface area (Å²) < 4.78 is 1.67. The van der Waals surface area contributed by atoms with Crippen LogP contribution in [0.15, 0.2) is 6.20 Å². The topological polar surface area (TPSA) is 54.3 Å². The molecule has 0 spiro atoms. The van der Waals surface area contributed by atoms with E-state index >= 15 is 0 Å². The van der Waals surface area contributed by atoms with Gasteiger partial charge in [-0.25, -0.2) is 0 Å². The first kappa shape index (κ1) is 12.6. The maximum atomic E-state index is 11.9. The Hall–Kier alpha value is -1.45. The molecule has 0 aliphatic rings. The van der Waals surface area contributed by atoms with Crippen molar-refractivity contribution in [2.24, 2.45) is 13.0 Å². The summed E-state index contributed by atoms with van der Waals surface area (Å²) in [5.41, 5.74) is 0.986. The summed E-state index contributed by atoms with van der Waals surface area (Å²) in [5.74, 6) is -0.113. The van der Waals surface area contributed by atoms with Crippen molar-refractivity contribution < 1.29 is 9.90 Å². The van der Waals surface area contributed by atoms with Crippen LogP contribution in [0.3, 0.4) is 0 Å². The lowest BCUT2D eigenvalue weighted by molar-refractivity contribution is 0.0928. The summed E-state index contributed by atoms with van der Waals surface area (Å²) in [7, 11) is 1.76. The fourth-order valence-electron chi connectivity index (χ4n) is 1.59. The first-order valence-corrected chi connectivity index (χ1v) is 5.53. The SMILES string of the molecule is CC(C)Nc1cn(C)c(C(=O)C(C)C)c1O. The molecule has 0 fully saturated rings. The van der Waals surface area contributed by atoms with Crippen LogP contribution < -0.4 is 5.32 Å². The molecule has 90 valence electrons. The van der Waals surface area contributed by atoms with Gasteiger partial charge in [0.2, 0.25) is 0 Å². The molecule has 0 atom stereocenters. The van der Waals surface area contributed by atoms with E-state index in [-0.39, 0.29) is 23.5 Å². The maximum Gasteiger partial charge on any atom is 0.185 e. The molecule has 1 aromatic rings. The van der Waals surface area contributed by atoms with Gasteiger partial charge in [0.25, 0.3) is 0 Å². The number of anilines is 1. The number of nitrogens with zero attached hydrogens (tertiary/aromatic N) is 1. The van der Waals surface area contributed by atoms with E-state index < -0.39 is 0 Å². The molecular weight excluding hydrogens is 204 g/mol. The van der Waals surface area contributed by atoms with E-state index in [1.54, 1.807) is 17.8 Å². The number of carbonyl (C=O) groups excluding carboxylic acids is 1. The summed E-state index contributed by atoms with van der Waals surface area (Å²) in [6.45, 7) is 7.61. The third-order valence-corrected chi connectivity index (χ3v) is 2.36. The van der Waals surface area contributed by atoms with Gasteiger partial charge < -0.3 is 15.0 Å². The number of nitrogens with one attached hydrogen (secondary N) is 1. The number of carbonyl (C=O) groups is 1. The molecule has 0 saturated carbocycles. The minimum Gasteiger partial charge on any atom is -0.504 e. The zero-order valence-corrected chi connectivity index (χ0v) is 10.5. The summed E-state index contributed by atoms with van der Waals surface area (Å²) >= 11 is 0. The second-order valence-electron chi connectivity index (χ2n) is 4.67. The Balaban J connectivity index is 3.12. The number of aromatic hydroxyl groups is 1. The average Bonchev–Trinajstić information content (AvgIpc) is 2.40. The molecule has 4 heteroatoms. The largest absolute Gasteiger partial charge is 0.504 e. The molecule has 0 amide bonds. The third kappa shape index (κ3) is 2.38. The molecule has 16 heavy (non-hydrogen) atoms. The Morgan fingerprint density at radius 1 is 1.38 bits per heavy atom. The first-order valence-electron chi connectivity index (χ1n) is 5.53. The van der Waals surface area contributed by atoms with E-state index in [1.807, 2.05) is 27.7 Å². The minimum absolute atomic E-state index is 0.0446. The lowest BCUT2D eigenvalue weighted by Crippen LogP contribution is -2.12. The number of aromatic nitrogens is 1. The van der Waals surface area contributed by atoms with Crippen molar-refractivity contribution in [1.82, 2.24) is 4.57 Å². The summed E-state index contributed by atoms with van der Waals surface area (Å²) in [5, 5.41) is 13.1. The highest BCUT2D eigenvalue weighted by Gasteiger charge is 2.22. The predicted molar refractivity (Wildman–Crippen MR) is 65.0 cm³/mol. The molecule has 0 bridgehead atoms. The van der Waals surface area contributed by atoms with Crippen LogP contribution in [0.1, 0.15) is 38.2 Å². The first-order chi connectivity index (χ1) is 7.34. The maximum absolute atomic E-state index is 11.9. The van der Waals surface area contributed by atoms with Crippen molar-refractivity contribution in [3.63, 3.8) is 0 Å². The van der Waals surface area contributed by atoms with Crippen molar-refractivity contribution in [1.29, 1.82) is 0 Å². The Morgan fingerprint density at radius 2 is 1.94 bits per heavy atom. The van der Waals surface area contributed by atoms with Gasteiger partial charge in [-0.2, -0.15) is 0 Å². The Labute approximate surface area is 96.3 Å². The molecule has 0 unspecified atom stereocenters. The number of aryl methyl sites for hydroxylation is 1. The molecule has 0 aromatic carbocycles. The zero-order chi connectivity index (χ0) is 12.5. The Morgan fingerprint density at radius 3 is 2.38 bits per heavy atom. The van der Waals surface area contributed by atoms with Gasteiger partial charge in [0.15, 0.2) is 11.5 Å². The van der Waals surface area contributed by atoms with Gasteiger partial charge in [0.1, 0.15) is 5.69 Å². The quantitative estimate of drug-likeness (QED) is 0.772. The highest BCUT2D eigenvalue weighted by Crippen LogP contribution is 2.31.